The Kier molecular flexibility index (Phi) is 4.45. The lowest BCUT2D eigenvalue weighted by molar-refractivity contribution is -0.114. The maximum absolute atomic E-state index is 12.4. The van der Waals surface area contributed by atoms with Crippen molar-refractivity contribution in [3.05, 3.63) is 46.7 Å². The molecule has 0 unspecified atom stereocenters. The lowest BCUT2D eigenvalue weighted by Gasteiger charge is -2.06. The summed E-state index contributed by atoms with van der Waals surface area (Å²) in [6.07, 6.45) is 0. The molecule has 2 heterocycles. The van der Waals surface area contributed by atoms with Gasteiger partial charge in [0.2, 0.25) is 5.91 Å². The van der Waals surface area contributed by atoms with Crippen LogP contribution in [0.1, 0.15) is 16.6 Å². The van der Waals surface area contributed by atoms with Gasteiger partial charge in [0.1, 0.15) is 10.6 Å². The Morgan fingerprint density at radius 1 is 1.04 bits per heavy atom. The molecule has 2 amide bonds. The molecule has 0 aliphatic rings. The van der Waals surface area contributed by atoms with Crippen molar-refractivity contribution in [3.63, 3.8) is 0 Å². The van der Waals surface area contributed by atoms with Crippen LogP contribution in [0.25, 0.3) is 10.6 Å². The summed E-state index contributed by atoms with van der Waals surface area (Å²) in [5.74, 6) is -0.395. The van der Waals surface area contributed by atoms with Crippen LogP contribution in [0.4, 0.5) is 11.4 Å². The van der Waals surface area contributed by atoms with Crippen LogP contribution in [0.5, 0.6) is 0 Å². The van der Waals surface area contributed by atoms with Crippen molar-refractivity contribution in [1.29, 1.82) is 0 Å². The molecule has 8 heteroatoms. The van der Waals surface area contributed by atoms with Gasteiger partial charge in [-0.25, -0.2) is 0 Å². The van der Waals surface area contributed by atoms with Gasteiger partial charge < -0.3 is 10.6 Å². The number of anilines is 2. The van der Waals surface area contributed by atoms with E-state index in [0.717, 1.165) is 16.4 Å². The van der Waals surface area contributed by atoms with E-state index < -0.39 is 0 Å². The van der Waals surface area contributed by atoms with Crippen molar-refractivity contribution < 1.29 is 9.59 Å². The largest absolute Gasteiger partial charge is 0.326 e. The molecule has 0 saturated carbocycles. The standard InChI is InChI=1S/C15H12N4O2S2/c1-9(20)16-10-4-6-11(7-5-10)17-15(21)14-13(18-19-23-14)12-3-2-8-22-12/h2-8H,1H3,(H,16,20)(H,17,21). The average Bonchev–Trinajstić information content (AvgIpc) is 3.19. The number of benzene rings is 1. The van der Waals surface area contributed by atoms with Crippen LogP contribution in [0.15, 0.2) is 41.8 Å². The Morgan fingerprint density at radius 2 is 1.74 bits per heavy atom. The third-order valence-corrected chi connectivity index (χ3v) is 4.51. The van der Waals surface area contributed by atoms with Crippen LogP contribution in [0.2, 0.25) is 0 Å². The van der Waals surface area contributed by atoms with E-state index in [1.807, 2.05) is 17.5 Å². The summed E-state index contributed by atoms with van der Waals surface area (Å²) in [5, 5.41) is 11.4. The minimum absolute atomic E-state index is 0.141. The van der Waals surface area contributed by atoms with Crippen LogP contribution in [-0.4, -0.2) is 21.4 Å². The van der Waals surface area contributed by atoms with Crippen molar-refractivity contribution in [2.45, 2.75) is 6.92 Å². The molecule has 0 aliphatic heterocycles. The molecule has 0 fully saturated rings. The molecule has 23 heavy (non-hydrogen) atoms. The molecule has 0 saturated heterocycles. The van der Waals surface area contributed by atoms with Gasteiger partial charge in [0.15, 0.2) is 0 Å². The number of carbonyl (C=O) groups is 2. The number of nitrogens with one attached hydrogen (secondary N) is 2. The lowest BCUT2D eigenvalue weighted by Crippen LogP contribution is -2.11. The fourth-order valence-corrected chi connectivity index (χ4v) is 3.30. The average molecular weight is 344 g/mol. The van der Waals surface area contributed by atoms with Gasteiger partial charge in [-0.1, -0.05) is 10.6 Å². The number of hydrogen-bond donors (Lipinski definition) is 2. The van der Waals surface area contributed by atoms with Crippen LogP contribution in [0.3, 0.4) is 0 Å². The van der Waals surface area contributed by atoms with Crippen LogP contribution >= 0.6 is 22.9 Å². The summed E-state index contributed by atoms with van der Waals surface area (Å²) in [7, 11) is 0. The highest BCUT2D eigenvalue weighted by atomic mass is 32.1. The summed E-state index contributed by atoms with van der Waals surface area (Å²) in [6, 6.07) is 10.7. The number of thiophene rings is 1. The molecule has 3 aromatic rings. The van der Waals surface area contributed by atoms with E-state index in [1.54, 1.807) is 24.3 Å². The second-order valence-corrected chi connectivity index (χ2v) is 6.34. The molecular weight excluding hydrogens is 332 g/mol. The number of hydrogen-bond acceptors (Lipinski definition) is 6. The Bertz CT molecular complexity index is 826. The predicted octanol–water partition coefficient (Wildman–Crippen LogP) is 3.48. The summed E-state index contributed by atoms with van der Waals surface area (Å²) in [5.41, 5.74) is 1.90. The number of aromatic nitrogens is 2. The minimum atomic E-state index is -0.254. The molecule has 3 rings (SSSR count). The highest BCUT2D eigenvalue weighted by molar-refractivity contribution is 7.14. The summed E-state index contributed by atoms with van der Waals surface area (Å²) < 4.78 is 3.88. The number of rotatable bonds is 4. The van der Waals surface area contributed by atoms with Gasteiger partial charge in [-0.15, -0.1) is 16.4 Å². The van der Waals surface area contributed by atoms with E-state index >= 15 is 0 Å². The molecular formula is C15H12N4O2S2. The minimum Gasteiger partial charge on any atom is -0.326 e. The Morgan fingerprint density at radius 3 is 2.35 bits per heavy atom. The molecule has 0 spiro atoms. The smallest absolute Gasteiger partial charge is 0.269 e. The van der Waals surface area contributed by atoms with E-state index in [9.17, 15) is 9.59 Å². The predicted molar refractivity (Wildman–Crippen MR) is 91.9 cm³/mol. The first-order valence-corrected chi connectivity index (χ1v) is 8.34. The van der Waals surface area contributed by atoms with E-state index in [2.05, 4.69) is 20.2 Å². The van der Waals surface area contributed by atoms with Crippen LogP contribution in [-0.2, 0) is 4.79 Å². The molecule has 116 valence electrons. The summed E-state index contributed by atoms with van der Waals surface area (Å²) in [4.78, 5) is 24.8. The first kappa shape index (κ1) is 15.3. The van der Waals surface area contributed by atoms with Gasteiger partial charge in [-0.05, 0) is 47.2 Å². The number of amides is 2. The molecule has 2 aromatic heterocycles. The van der Waals surface area contributed by atoms with Gasteiger partial charge in [-0.2, -0.15) is 0 Å². The number of nitrogens with zero attached hydrogens (tertiary/aromatic N) is 2. The van der Waals surface area contributed by atoms with Crippen LogP contribution in [0, 0.1) is 0 Å². The fourth-order valence-electron chi connectivity index (χ4n) is 1.94. The zero-order chi connectivity index (χ0) is 16.2. The van der Waals surface area contributed by atoms with Gasteiger partial charge in [0, 0.05) is 18.3 Å². The molecule has 6 nitrogen and oxygen atoms in total. The molecule has 0 radical (unpaired) electrons. The maximum Gasteiger partial charge on any atom is 0.269 e. The Hall–Kier alpha value is -2.58. The van der Waals surface area contributed by atoms with Gasteiger partial charge >= 0.3 is 0 Å². The molecule has 0 atom stereocenters. The molecule has 2 N–H and O–H groups in total. The van der Waals surface area contributed by atoms with Crippen molar-refractivity contribution in [3.8, 4) is 10.6 Å². The molecule has 1 aromatic carbocycles. The monoisotopic (exact) mass is 344 g/mol. The highest BCUT2D eigenvalue weighted by Crippen LogP contribution is 2.28. The first-order chi connectivity index (χ1) is 11.1. The third kappa shape index (κ3) is 3.61. The van der Waals surface area contributed by atoms with Crippen LogP contribution < -0.4 is 10.6 Å². The Balaban J connectivity index is 1.75. The maximum atomic E-state index is 12.4. The van der Waals surface area contributed by atoms with Gasteiger partial charge in [0.05, 0.1) is 4.88 Å². The number of carbonyl (C=O) groups excluding carboxylic acids is 2. The second-order valence-electron chi connectivity index (χ2n) is 4.64. The van der Waals surface area contributed by atoms with E-state index in [-0.39, 0.29) is 11.8 Å². The third-order valence-electron chi connectivity index (χ3n) is 2.91. The zero-order valence-electron chi connectivity index (χ0n) is 12.1. The van der Waals surface area contributed by atoms with Crippen molar-refractivity contribution in [1.82, 2.24) is 9.59 Å². The van der Waals surface area contributed by atoms with E-state index in [0.29, 0.717) is 21.9 Å². The Labute approximate surface area is 140 Å². The summed E-state index contributed by atoms with van der Waals surface area (Å²) >= 11 is 2.57. The normalized spacial score (nSPS) is 10.3. The lowest BCUT2D eigenvalue weighted by atomic mass is 10.2. The van der Waals surface area contributed by atoms with Gasteiger partial charge in [0.25, 0.3) is 5.91 Å². The van der Waals surface area contributed by atoms with Crippen molar-refractivity contribution in [2.75, 3.05) is 10.6 Å². The van der Waals surface area contributed by atoms with Crippen molar-refractivity contribution in [2.24, 2.45) is 0 Å². The van der Waals surface area contributed by atoms with Crippen molar-refractivity contribution >= 4 is 46.1 Å². The quantitative estimate of drug-likeness (QED) is 0.759. The van der Waals surface area contributed by atoms with Gasteiger partial charge in [-0.3, -0.25) is 9.59 Å². The zero-order valence-corrected chi connectivity index (χ0v) is 13.7. The fraction of sp³-hybridized carbons (Fsp3) is 0.0667. The first-order valence-electron chi connectivity index (χ1n) is 6.69. The second kappa shape index (κ2) is 6.67. The summed E-state index contributed by atoms with van der Waals surface area (Å²) in [6.45, 7) is 1.44. The molecule has 0 bridgehead atoms. The highest BCUT2D eigenvalue weighted by Gasteiger charge is 2.18. The topological polar surface area (TPSA) is 84.0 Å². The van der Waals surface area contributed by atoms with E-state index in [4.69, 9.17) is 0 Å². The SMILES string of the molecule is CC(=O)Nc1ccc(NC(=O)c2snnc2-c2cccs2)cc1. The molecule has 0 aliphatic carbocycles. The van der Waals surface area contributed by atoms with E-state index in [1.165, 1.54) is 18.3 Å².